The summed E-state index contributed by atoms with van der Waals surface area (Å²) >= 11 is 0. The van der Waals surface area contributed by atoms with E-state index in [4.69, 9.17) is 9.47 Å². The third-order valence-corrected chi connectivity index (χ3v) is 7.03. The van der Waals surface area contributed by atoms with Crippen LogP contribution in [0, 0.1) is 0 Å². The molecule has 0 aromatic heterocycles. The molecule has 0 radical (unpaired) electrons. The quantitative estimate of drug-likeness (QED) is 0.141. The van der Waals surface area contributed by atoms with Gasteiger partial charge in [0.1, 0.15) is 11.5 Å². The van der Waals surface area contributed by atoms with E-state index in [0.717, 1.165) is 63.4 Å². The van der Waals surface area contributed by atoms with E-state index >= 15 is 0 Å². The maximum Gasteiger partial charge on any atom is 0.205 e. The summed E-state index contributed by atoms with van der Waals surface area (Å²) in [4.78, 5) is 0. The Bertz CT molecular complexity index is 822. The summed E-state index contributed by atoms with van der Waals surface area (Å²) in [5.41, 5.74) is 1.47. The molecule has 0 amide bonds. The van der Waals surface area contributed by atoms with Crippen molar-refractivity contribution in [3.05, 3.63) is 59.7 Å². The van der Waals surface area contributed by atoms with Crippen LogP contribution in [-0.4, -0.2) is 23.4 Å². The molecule has 1 unspecified atom stereocenters. The minimum absolute atomic E-state index is 0.173. The molecule has 0 saturated carbocycles. The van der Waals surface area contributed by atoms with Gasteiger partial charge >= 0.3 is 0 Å². The standard InChI is InChI=1S/C32H50O4/c1-4-7-10-11-12-13-21-28(27-20-14-16-23-30(27)33)32(35-25-18-8-5-2,36-26-19-9-6-3)29-22-15-17-24-31(29)34/h14-17,20,22-24,28,33-34H,4-13,18-19,21,25-26H2,1-3H3. The van der Waals surface area contributed by atoms with Gasteiger partial charge in [-0.25, -0.2) is 0 Å². The Hall–Kier alpha value is -2.04. The molecule has 1 atom stereocenters. The molecule has 0 saturated heterocycles. The van der Waals surface area contributed by atoms with Crippen LogP contribution in [0.5, 0.6) is 11.5 Å². The maximum absolute atomic E-state index is 11.1. The number of hydrogen-bond donors (Lipinski definition) is 2. The molecule has 0 bridgehead atoms. The number of ether oxygens (including phenoxy) is 2. The molecule has 0 fully saturated rings. The second-order valence-electron chi connectivity index (χ2n) is 9.96. The average molecular weight is 499 g/mol. The van der Waals surface area contributed by atoms with Crippen LogP contribution in [0.25, 0.3) is 0 Å². The predicted octanol–water partition coefficient (Wildman–Crippen LogP) is 9.20. The van der Waals surface area contributed by atoms with Gasteiger partial charge in [0, 0.05) is 11.5 Å². The lowest BCUT2D eigenvalue weighted by atomic mass is 9.80. The summed E-state index contributed by atoms with van der Waals surface area (Å²) in [7, 11) is 0. The second kappa shape index (κ2) is 17.4. The molecule has 2 rings (SSSR count). The fraction of sp³-hybridized carbons (Fsp3) is 0.625. The number of benzene rings is 2. The van der Waals surface area contributed by atoms with Crippen LogP contribution >= 0.6 is 0 Å². The Balaban J connectivity index is 2.51. The van der Waals surface area contributed by atoms with E-state index in [1.807, 2.05) is 36.4 Å². The van der Waals surface area contributed by atoms with Crippen molar-refractivity contribution in [1.29, 1.82) is 0 Å². The summed E-state index contributed by atoms with van der Waals surface area (Å²) < 4.78 is 13.5. The molecule has 2 aromatic rings. The minimum atomic E-state index is -1.17. The Morgan fingerprint density at radius 3 is 1.69 bits per heavy atom. The van der Waals surface area contributed by atoms with E-state index in [0.29, 0.717) is 18.8 Å². The largest absolute Gasteiger partial charge is 0.508 e. The average Bonchev–Trinajstić information content (AvgIpc) is 2.89. The first-order valence-corrected chi connectivity index (χ1v) is 14.4. The van der Waals surface area contributed by atoms with Crippen LogP contribution in [-0.2, 0) is 15.3 Å². The van der Waals surface area contributed by atoms with Gasteiger partial charge < -0.3 is 19.7 Å². The molecule has 2 N–H and O–H groups in total. The molecule has 202 valence electrons. The van der Waals surface area contributed by atoms with E-state index in [1.54, 1.807) is 12.1 Å². The molecular formula is C32H50O4. The Kier molecular flexibility index (Phi) is 14.6. The van der Waals surface area contributed by atoms with Gasteiger partial charge in [0.15, 0.2) is 0 Å². The zero-order chi connectivity index (χ0) is 26.1. The topological polar surface area (TPSA) is 58.9 Å². The van der Waals surface area contributed by atoms with Gasteiger partial charge in [-0.2, -0.15) is 0 Å². The Labute approximate surface area is 220 Å². The van der Waals surface area contributed by atoms with Crippen molar-refractivity contribution in [1.82, 2.24) is 0 Å². The lowest BCUT2D eigenvalue weighted by Gasteiger charge is -2.42. The van der Waals surface area contributed by atoms with Crippen LogP contribution in [0.1, 0.15) is 121 Å². The fourth-order valence-electron chi connectivity index (χ4n) is 4.97. The van der Waals surface area contributed by atoms with Crippen molar-refractivity contribution in [2.75, 3.05) is 13.2 Å². The van der Waals surface area contributed by atoms with Crippen LogP contribution in [0.4, 0.5) is 0 Å². The summed E-state index contributed by atoms with van der Waals surface area (Å²) in [5.74, 6) is -0.995. The molecule has 0 heterocycles. The van der Waals surface area contributed by atoms with Gasteiger partial charge in [0.2, 0.25) is 5.79 Å². The summed E-state index contributed by atoms with van der Waals surface area (Å²) in [5, 5.41) is 22.0. The number of para-hydroxylation sites is 2. The summed E-state index contributed by atoms with van der Waals surface area (Å²) in [6, 6.07) is 14.9. The van der Waals surface area contributed by atoms with Crippen molar-refractivity contribution in [2.45, 2.75) is 116 Å². The molecule has 4 heteroatoms. The number of rotatable bonds is 20. The first-order chi connectivity index (χ1) is 17.6. The van der Waals surface area contributed by atoms with Gasteiger partial charge in [0.05, 0.1) is 18.8 Å². The highest BCUT2D eigenvalue weighted by atomic mass is 16.7. The van der Waals surface area contributed by atoms with Crippen molar-refractivity contribution in [2.24, 2.45) is 0 Å². The minimum Gasteiger partial charge on any atom is -0.508 e. The number of aromatic hydroxyl groups is 2. The van der Waals surface area contributed by atoms with Gasteiger partial charge in [0.25, 0.3) is 0 Å². The van der Waals surface area contributed by atoms with E-state index < -0.39 is 5.79 Å². The number of phenols is 2. The van der Waals surface area contributed by atoms with E-state index in [1.165, 1.54) is 25.7 Å². The zero-order valence-corrected chi connectivity index (χ0v) is 23.0. The lowest BCUT2D eigenvalue weighted by molar-refractivity contribution is -0.264. The Morgan fingerprint density at radius 1 is 0.611 bits per heavy atom. The first-order valence-electron chi connectivity index (χ1n) is 14.4. The van der Waals surface area contributed by atoms with Gasteiger partial charge in [-0.15, -0.1) is 0 Å². The van der Waals surface area contributed by atoms with E-state index in [2.05, 4.69) is 20.8 Å². The number of phenolic OH excluding ortho intramolecular Hbond substituents is 2. The SMILES string of the molecule is CCCCCCCCC(c1ccccc1O)C(OCCCCC)(OCCCCC)c1ccccc1O. The van der Waals surface area contributed by atoms with Gasteiger partial charge in [-0.1, -0.05) is 115 Å². The Morgan fingerprint density at radius 2 is 1.11 bits per heavy atom. The molecule has 0 aliphatic heterocycles. The monoisotopic (exact) mass is 498 g/mol. The molecule has 0 spiro atoms. The highest BCUT2D eigenvalue weighted by molar-refractivity contribution is 5.42. The lowest BCUT2D eigenvalue weighted by Crippen LogP contribution is -2.41. The van der Waals surface area contributed by atoms with Crippen molar-refractivity contribution in [3.8, 4) is 11.5 Å². The van der Waals surface area contributed by atoms with Crippen LogP contribution in [0.2, 0.25) is 0 Å². The molecule has 2 aromatic carbocycles. The predicted molar refractivity (Wildman–Crippen MR) is 150 cm³/mol. The van der Waals surface area contributed by atoms with Gasteiger partial charge in [-0.3, -0.25) is 0 Å². The maximum atomic E-state index is 11.1. The molecule has 4 nitrogen and oxygen atoms in total. The van der Waals surface area contributed by atoms with E-state index in [-0.39, 0.29) is 17.4 Å². The molecule has 36 heavy (non-hydrogen) atoms. The van der Waals surface area contributed by atoms with Crippen LogP contribution in [0.3, 0.4) is 0 Å². The van der Waals surface area contributed by atoms with E-state index in [9.17, 15) is 10.2 Å². The van der Waals surface area contributed by atoms with Crippen molar-refractivity contribution >= 4 is 0 Å². The van der Waals surface area contributed by atoms with Crippen molar-refractivity contribution in [3.63, 3.8) is 0 Å². The van der Waals surface area contributed by atoms with Crippen LogP contribution in [0.15, 0.2) is 48.5 Å². The number of hydrogen-bond acceptors (Lipinski definition) is 4. The fourth-order valence-corrected chi connectivity index (χ4v) is 4.97. The molecule has 0 aliphatic carbocycles. The number of unbranched alkanes of at least 4 members (excludes halogenated alkanes) is 9. The first kappa shape index (κ1) is 30.2. The normalized spacial score (nSPS) is 12.6. The highest BCUT2D eigenvalue weighted by Gasteiger charge is 2.46. The summed E-state index contributed by atoms with van der Waals surface area (Å²) in [6.07, 6.45) is 14.1. The molecular weight excluding hydrogens is 448 g/mol. The second-order valence-corrected chi connectivity index (χ2v) is 9.96. The smallest absolute Gasteiger partial charge is 0.205 e. The highest BCUT2D eigenvalue weighted by Crippen LogP contribution is 2.49. The van der Waals surface area contributed by atoms with Crippen LogP contribution < -0.4 is 0 Å². The summed E-state index contributed by atoms with van der Waals surface area (Å²) in [6.45, 7) is 7.68. The third-order valence-electron chi connectivity index (χ3n) is 7.03. The third kappa shape index (κ3) is 9.12. The molecule has 0 aliphatic rings. The van der Waals surface area contributed by atoms with Gasteiger partial charge in [-0.05, 0) is 37.5 Å². The zero-order valence-electron chi connectivity index (χ0n) is 23.0. The van der Waals surface area contributed by atoms with Crippen molar-refractivity contribution < 1.29 is 19.7 Å².